The molecule has 7 heteroatoms. The second-order valence-corrected chi connectivity index (χ2v) is 11.3. The zero-order chi connectivity index (χ0) is 25.0. The maximum absolute atomic E-state index is 13.0. The molecular formula is C30H33N5OS. The first kappa shape index (κ1) is 24.1. The van der Waals surface area contributed by atoms with Crippen LogP contribution >= 0.6 is 11.3 Å². The van der Waals surface area contributed by atoms with Crippen LogP contribution in [-0.2, 0) is 13.0 Å². The Morgan fingerprint density at radius 1 is 1.00 bits per heavy atom. The molecule has 0 saturated heterocycles. The van der Waals surface area contributed by atoms with E-state index in [1.165, 1.54) is 29.8 Å². The van der Waals surface area contributed by atoms with E-state index in [2.05, 4.69) is 32.7 Å². The van der Waals surface area contributed by atoms with Crippen molar-refractivity contribution in [2.24, 2.45) is 5.92 Å². The highest BCUT2D eigenvalue weighted by molar-refractivity contribution is 7.15. The Morgan fingerprint density at radius 2 is 1.86 bits per heavy atom. The van der Waals surface area contributed by atoms with Crippen LogP contribution in [0.1, 0.15) is 53.0 Å². The van der Waals surface area contributed by atoms with Crippen molar-refractivity contribution in [3.63, 3.8) is 0 Å². The summed E-state index contributed by atoms with van der Waals surface area (Å²) in [7, 11) is 0. The molecule has 190 valence electrons. The molecule has 2 aliphatic rings. The molecule has 0 atom stereocenters. The average Bonchev–Trinajstić information content (AvgIpc) is 3.34. The number of nitrogens with one attached hydrogen (secondary N) is 2. The zero-order valence-electron chi connectivity index (χ0n) is 21.0. The average molecular weight is 512 g/mol. The molecule has 37 heavy (non-hydrogen) atoms. The summed E-state index contributed by atoms with van der Waals surface area (Å²) in [4.78, 5) is 26.2. The molecule has 0 unspecified atom stereocenters. The molecule has 4 aromatic rings. The van der Waals surface area contributed by atoms with E-state index in [0.29, 0.717) is 0 Å². The van der Waals surface area contributed by atoms with Gasteiger partial charge in [-0.05, 0) is 74.9 Å². The number of hydrogen-bond acceptors (Lipinski definition) is 6. The van der Waals surface area contributed by atoms with Crippen LogP contribution < -0.4 is 10.6 Å². The normalized spacial score (nSPS) is 19.9. The number of pyridine rings is 1. The third-order valence-corrected chi connectivity index (χ3v) is 8.76. The summed E-state index contributed by atoms with van der Waals surface area (Å²) in [6.45, 7) is 3.24. The number of aromatic nitrogens is 2. The van der Waals surface area contributed by atoms with Gasteiger partial charge in [0.1, 0.15) is 0 Å². The molecule has 1 aliphatic heterocycles. The Bertz CT molecular complexity index is 1360. The molecule has 1 aliphatic carbocycles. The fourth-order valence-electron chi connectivity index (χ4n) is 5.66. The van der Waals surface area contributed by atoms with Crippen molar-refractivity contribution in [3.05, 3.63) is 83.0 Å². The van der Waals surface area contributed by atoms with E-state index in [9.17, 15) is 4.79 Å². The van der Waals surface area contributed by atoms with Gasteiger partial charge in [-0.3, -0.25) is 14.7 Å². The van der Waals surface area contributed by atoms with Crippen LogP contribution in [0.4, 0.5) is 10.8 Å². The van der Waals surface area contributed by atoms with Crippen LogP contribution in [0.15, 0.2) is 66.9 Å². The number of carbonyl (C=O) groups is 1. The minimum Gasteiger partial charge on any atom is -0.349 e. The van der Waals surface area contributed by atoms with E-state index in [0.717, 1.165) is 72.1 Å². The van der Waals surface area contributed by atoms with Crippen LogP contribution in [0.3, 0.4) is 0 Å². The summed E-state index contributed by atoms with van der Waals surface area (Å²) < 4.78 is 0. The Morgan fingerprint density at radius 3 is 2.73 bits per heavy atom. The van der Waals surface area contributed by atoms with Gasteiger partial charge in [-0.1, -0.05) is 30.3 Å². The third kappa shape index (κ3) is 5.68. The number of carbonyl (C=O) groups excluding carboxylic acids is 1. The predicted molar refractivity (Wildman–Crippen MR) is 150 cm³/mol. The summed E-state index contributed by atoms with van der Waals surface area (Å²) in [6.07, 6.45) is 8.54. The smallest absolute Gasteiger partial charge is 0.252 e. The molecule has 0 radical (unpaired) electrons. The molecule has 1 amide bonds. The number of para-hydroxylation sites is 1. The van der Waals surface area contributed by atoms with Crippen LogP contribution in [0, 0.1) is 5.92 Å². The maximum atomic E-state index is 13.0. The molecule has 1 saturated carbocycles. The molecular weight excluding hydrogens is 478 g/mol. The highest BCUT2D eigenvalue weighted by Crippen LogP contribution is 2.32. The number of thiazole rings is 1. The van der Waals surface area contributed by atoms with Gasteiger partial charge in [0, 0.05) is 53.3 Å². The summed E-state index contributed by atoms with van der Waals surface area (Å²) >= 11 is 1.79. The summed E-state index contributed by atoms with van der Waals surface area (Å²) in [5.41, 5.74) is 3.94. The lowest BCUT2D eigenvalue weighted by Crippen LogP contribution is -2.38. The lowest BCUT2D eigenvalue weighted by molar-refractivity contribution is 0.0921. The molecule has 2 aromatic heterocycles. The van der Waals surface area contributed by atoms with Gasteiger partial charge in [0.2, 0.25) is 0 Å². The SMILES string of the molecule is O=C(NC1CCC(CCN2CCc3nc(Nc4ccccc4)sc3C2)CC1)c1cccc2ncccc12. The van der Waals surface area contributed by atoms with Crippen molar-refractivity contribution in [2.75, 3.05) is 18.4 Å². The lowest BCUT2D eigenvalue weighted by atomic mass is 9.84. The highest BCUT2D eigenvalue weighted by Gasteiger charge is 2.25. The van der Waals surface area contributed by atoms with Crippen LogP contribution in [0.5, 0.6) is 0 Å². The minimum absolute atomic E-state index is 0.0249. The highest BCUT2D eigenvalue weighted by atomic mass is 32.1. The van der Waals surface area contributed by atoms with Crippen molar-refractivity contribution in [1.82, 2.24) is 20.2 Å². The molecule has 2 N–H and O–H groups in total. The standard InChI is InChI=1S/C30H33N5OS/c36-29(25-8-4-10-26-24(25)9-5-17-31-26)32-23-13-11-21(12-14-23)15-18-35-19-16-27-28(20-35)37-30(34-27)33-22-6-2-1-3-7-22/h1-10,17,21,23H,11-16,18-20H2,(H,32,36)(H,33,34). The molecule has 6 rings (SSSR count). The Balaban J connectivity index is 0.962. The van der Waals surface area contributed by atoms with Gasteiger partial charge in [0.15, 0.2) is 5.13 Å². The van der Waals surface area contributed by atoms with Gasteiger partial charge < -0.3 is 10.6 Å². The van der Waals surface area contributed by atoms with Gasteiger partial charge in [0.25, 0.3) is 5.91 Å². The van der Waals surface area contributed by atoms with Crippen LogP contribution in [-0.4, -0.2) is 39.9 Å². The third-order valence-electron chi connectivity index (χ3n) is 7.76. The molecule has 3 heterocycles. The van der Waals surface area contributed by atoms with Gasteiger partial charge in [-0.15, -0.1) is 11.3 Å². The molecule has 2 aromatic carbocycles. The monoisotopic (exact) mass is 511 g/mol. The largest absolute Gasteiger partial charge is 0.349 e. The van der Waals surface area contributed by atoms with E-state index in [-0.39, 0.29) is 11.9 Å². The summed E-state index contributed by atoms with van der Waals surface area (Å²) in [6, 6.07) is 20.2. The number of amides is 1. The number of benzene rings is 2. The van der Waals surface area contributed by atoms with Crippen molar-refractivity contribution >= 4 is 39.0 Å². The summed E-state index contributed by atoms with van der Waals surface area (Å²) in [5.74, 6) is 0.768. The van der Waals surface area contributed by atoms with E-state index in [1.807, 2.05) is 48.5 Å². The first-order valence-electron chi connectivity index (χ1n) is 13.4. The van der Waals surface area contributed by atoms with Crippen LogP contribution in [0.25, 0.3) is 10.9 Å². The number of nitrogens with zero attached hydrogens (tertiary/aromatic N) is 3. The first-order chi connectivity index (χ1) is 18.2. The maximum Gasteiger partial charge on any atom is 0.252 e. The van der Waals surface area contributed by atoms with E-state index >= 15 is 0 Å². The van der Waals surface area contributed by atoms with Crippen molar-refractivity contribution in [1.29, 1.82) is 0 Å². The number of rotatable bonds is 7. The Labute approximate surface area is 222 Å². The van der Waals surface area contributed by atoms with Crippen molar-refractivity contribution in [2.45, 2.75) is 51.1 Å². The predicted octanol–water partition coefficient (Wildman–Crippen LogP) is 6.17. The molecule has 1 fully saturated rings. The number of anilines is 2. The van der Waals surface area contributed by atoms with Gasteiger partial charge in [0.05, 0.1) is 11.2 Å². The topological polar surface area (TPSA) is 70.2 Å². The molecule has 6 nitrogen and oxygen atoms in total. The first-order valence-corrected chi connectivity index (χ1v) is 14.2. The lowest BCUT2D eigenvalue weighted by Gasteiger charge is -2.32. The zero-order valence-corrected chi connectivity index (χ0v) is 21.8. The van der Waals surface area contributed by atoms with Crippen LogP contribution in [0.2, 0.25) is 0 Å². The quantitative estimate of drug-likeness (QED) is 0.310. The number of fused-ring (bicyclic) bond motifs is 2. The van der Waals surface area contributed by atoms with E-state index in [4.69, 9.17) is 4.98 Å². The van der Waals surface area contributed by atoms with Crippen molar-refractivity contribution < 1.29 is 4.79 Å². The van der Waals surface area contributed by atoms with Crippen molar-refractivity contribution in [3.8, 4) is 0 Å². The number of hydrogen-bond donors (Lipinski definition) is 2. The second kappa shape index (κ2) is 11.0. The fourth-order valence-corrected chi connectivity index (χ4v) is 6.73. The molecule has 0 bridgehead atoms. The van der Waals surface area contributed by atoms with Gasteiger partial charge in [-0.2, -0.15) is 0 Å². The Kier molecular flexibility index (Phi) is 7.15. The van der Waals surface area contributed by atoms with E-state index in [1.54, 1.807) is 17.5 Å². The summed E-state index contributed by atoms with van der Waals surface area (Å²) in [5, 5.41) is 8.67. The fraction of sp³-hybridized carbons (Fsp3) is 0.367. The molecule has 0 spiro atoms. The van der Waals surface area contributed by atoms with Gasteiger partial charge >= 0.3 is 0 Å². The van der Waals surface area contributed by atoms with Gasteiger partial charge in [-0.25, -0.2) is 4.98 Å². The second-order valence-electron chi connectivity index (χ2n) is 10.3. The minimum atomic E-state index is 0.0249. The Hall–Kier alpha value is -3.29. The van der Waals surface area contributed by atoms with E-state index < -0.39 is 0 Å².